The van der Waals surface area contributed by atoms with E-state index in [-0.39, 0.29) is 5.82 Å². The Morgan fingerprint density at radius 3 is 2.89 bits per heavy atom. The summed E-state index contributed by atoms with van der Waals surface area (Å²) in [5, 5.41) is 4.14. The summed E-state index contributed by atoms with van der Waals surface area (Å²) in [6.07, 6.45) is 3.74. The SMILES string of the molecule is Cc1cc2c(cc1F)[nH]c(=S)n2Cc1cnn(C)c1. The largest absolute Gasteiger partial charge is 0.330 e. The first kappa shape index (κ1) is 12.1. The molecule has 4 nitrogen and oxygen atoms in total. The molecular formula is C13H13FN4S. The average molecular weight is 276 g/mol. The van der Waals surface area contributed by atoms with Crippen molar-refractivity contribution < 1.29 is 4.39 Å². The lowest BCUT2D eigenvalue weighted by atomic mass is 10.2. The van der Waals surface area contributed by atoms with Crippen LogP contribution in [0.5, 0.6) is 0 Å². The molecule has 0 atom stereocenters. The molecule has 0 aliphatic heterocycles. The number of nitrogens with zero attached hydrogens (tertiary/aromatic N) is 3. The van der Waals surface area contributed by atoms with Gasteiger partial charge in [0.15, 0.2) is 4.77 Å². The van der Waals surface area contributed by atoms with Crippen molar-refractivity contribution in [3.63, 3.8) is 0 Å². The normalized spacial score (nSPS) is 11.3. The average Bonchev–Trinajstić information content (AvgIpc) is 2.87. The molecule has 3 rings (SSSR count). The van der Waals surface area contributed by atoms with Gasteiger partial charge >= 0.3 is 0 Å². The fourth-order valence-corrected chi connectivity index (χ4v) is 2.45. The highest BCUT2D eigenvalue weighted by Crippen LogP contribution is 2.19. The second kappa shape index (κ2) is 4.31. The molecule has 6 heteroatoms. The fraction of sp³-hybridized carbons (Fsp3) is 0.231. The van der Waals surface area contributed by atoms with Crippen molar-refractivity contribution in [1.29, 1.82) is 0 Å². The highest BCUT2D eigenvalue weighted by Gasteiger charge is 2.09. The Morgan fingerprint density at radius 2 is 2.21 bits per heavy atom. The maximum absolute atomic E-state index is 13.5. The van der Waals surface area contributed by atoms with Crippen LogP contribution in [0.25, 0.3) is 11.0 Å². The van der Waals surface area contributed by atoms with Crippen molar-refractivity contribution in [2.24, 2.45) is 7.05 Å². The Balaban J connectivity index is 2.15. The second-order valence-electron chi connectivity index (χ2n) is 4.66. The van der Waals surface area contributed by atoms with Gasteiger partial charge in [-0.05, 0) is 36.8 Å². The van der Waals surface area contributed by atoms with Gasteiger partial charge in [0.25, 0.3) is 0 Å². The molecule has 19 heavy (non-hydrogen) atoms. The van der Waals surface area contributed by atoms with Gasteiger partial charge in [0.1, 0.15) is 5.82 Å². The summed E-state index contributed by atoms with van der Waals surface area (Å²) < 4.78 is 17.8. The first-order valence-corrected chi connectivity index (χ1v) is 6.31. The molecule has 1 N–H and O–H groups in total. The van der Waals surface area contributed by atoms with E-state index < -0.39 is 0 Å². The zero-order chi connectivity index (χ0) is 13.6. The summed E-state index contributed by atoms with van der Waals surface area (Å²) in [6, 6.07) is 3.30. The molecule has 0 unspecified atom stereocenters. The number of aromatic amines is 1. The van der Waals surface area contributed by atoms with Gasteiger partial charge in [0.2, 0.25) is 0 Å². The fourth-order valence-electron chi connectivity index (χ4n) is 2.17. The molecule has 0 radical (unpaired) electrons. The number of H-pyrrole nitrogens is 1. The third-order valence-corrected chi connectivity index (χ3v) is 3.48. The quantitative estimate of drug-likeness (QED) is 0.731. The van der Waals surface area contributed by atoms with E-state index in [1.54, 1.807) is 17.8 Å². The van der Waals surface area contributed by atoms with Crippen LogP contribution in [0.3, 0.4) is 0 Å². The zero-order valence-corrected chi connectivity index (χ0v) is 11.5. The maximum atomic E-state index is 13.5. The third kappa shape index (κ3) is 2.08. The number of aromatic nitrogens is 4. The maximum Gasteiger partial charge on any atom is 0.178 e. The minimum atomic E-state index is -0.225. The van der Waals surface area contributed by atoms with E-state index in [9.17, 15) is 4.39 Å². The summed E-state index contributed by atoms with van der Waals surface area (Å²) in [7, 11) is 1.87. The molecule has 0 amide bonds. The van der Waals surface area contributed by atoms with Crippen molar-refractivity contribution in [2.45, 2.75) is 13.5 Å². The second-order valence-corrected chi connectivity index (χ2v) is 5.04. The summed E-state index contributed by atoms with van der Waals surface area (Å²) in [5.74, 6) is -0.225. The smallest absolute Gasteiger partial charge is 0.178 e. The number of halogens is 1. The lowest BCUT2D eigenvalue weighted by molar-refractivity contribution is 0.620. The third-order valence-electron chi connectivity index (χ3n) is 3.15. The summed E-state index contributed by atoms with van der Waals surface area (Å²) >= 11 is 5.30. The predicted octanol–water partition coefficient (Wildman–Crippen LogP) is 2.93. The van der Waals surface area contributed by atoms with Crippen LogP contribution in [0.2, 0.25) is 0 Å². The molecule has 2 aromatic heterocycles. The number of rotatable bonds is 2. The van der Waals surface area contributed by atoms with Crippen LogP contribution in [-0.4, -0.2) is 19.3 Å². The summed E-state index contributed by atoms with van der Waals surface area (Å²) in [4.78, 5) is 3.03. The molecule has 0 bridgehead atoms. The van der Waals surface area contributed by atoms with Crippen LogP contribution in [-0.2, 0) is 13.6 Å². The van der Waals surface area contributed by atoms with Gasteiger partial charge in [-0.1, -0.05) is 0 Å². The first-order chi connectivity index (χ1) is 9.04. The van der Waals surface area contributed by atoms with E-state index >= 15 is 0 Å². The van der Waals surface area contributed by atoms with Gasteiger partial charge in [-0.15, -0.1) is 0 Å². The molecule has 0 spiro atoms. The molecule has 1 aromatic carbocycles. The van der Waals surface area contributed by atoms with Gasteiger partial charge in [0.05, 0.1) is 23.8 Å². The Labute approximate surface area is 114 Å². The molecule has 0 aliphatic carbocycles. The van der Waals surface area contributed by atoms with Crippen molar-refractivity contribution in [3.05, 3.63) is 46.2 Å². The number of aryl methyl sites for hydroxylation is 2. The topological polar surface area (TPSA) is 38.5 Å². The van der Waals surface area contributed by atoms with Crippen molar-refractivity contribution in [1.82, 2.24) is 19.3 Å². The number of fused-ring (bicyclic) bond motifs is 1. The van der Waals surface area contributed by atoms with Crippen LogP contribution in [0.15, 0.2) is 24.5 Å². The number of hydrogen-bond donors (Lipinski definition) is 1. The Bertz CT molecular complexity index is 812. The van der Waals surface area contributed by atoms with Gasteiger partial charge in [0, 0.05) is 18.8 Å². The molecule has 3 aromatic rings. The first-order valence-electron chi connectivity index (χ1n) is 5.91. The van der Waals surface area contributed by atoms with Gasteiger partial charge in [-0.2, -0.15) is 5.10 Å². The van der Waals surface area contributed by atoms with Crippen LogP contribution in [0, 0.1) is 17.5 Å². The Morgan fingerprint density at radius 1 is 1.42 bits per heavy atom. The molecule has 0 aliphatic rings. The molecule has 0 saturated heterocycles. The monoisotopic (exact) mass is 276 g/mol. The molecule has 98 valence electrons. The van der Waals surface area contributed by atoms with Gasteiger partial charge < -0.3 is 9.55 Å². The highest BCUT2D eigenvalue weighted by molar-refractivity contribution is 7.71. The summed E-state index contributed by atoms with van der Waals surface area (Å²) in [6.45, 7) is 2.37. The number of nitrogens with one attached hydrogen (secondary N) is 1. The number of hydrogen-bond acceptors (Lipinski definition) is 2. The van der Waals surface area contributed by atoms with E-state index in [2.05, 4.69) is 10.1 Å². The minimum Gasteiger partial charge on any atom is -0.330 e. The van der Waals surface area contributed by atoms with Gasteiger partial charge in [-0.25, -0.2) is 4.39 Å². The number of benzene rings is 1. The van der Waals surface area contributed by atoms with E-state index in [0.29, 0.717) is 16.9 Å². The van der Waals surface area contributed by atoms with E-state index in [1.807, 2.05) is 23.9 Å². The van der Waals surface area contributed by atoms with E-state index in [1.165, 1.54) is 6.07 Å². The van der Waals surface area contributed by atoms with Crippen LogP contribution in [0.1, 0.15) is 11.1 Å². The van der Waals surface area contributed by atoms with E-state index in [0.717, 1.165) is 16.6 Å². The molecule has 0 saturated carbocycles. The van der Waals surface area contributed by atoms with Crippen LogP contribution in [0.4, 0.5) is 4.39 Å². The van der Waals surface area contributed by atoms with Crippen LogP contribution >= 0.6 is 12.2 Å². The van der Waals surface area contributed by atoms with Gasteiger partial charge in [-0.3, -0.25) is 4.68 Å². The standard InChI is InChI=1S/C13H13FN4S/c1-8-3-12-11(4-10(8)14)16-13(19)18(12)7-9-5-15-17(2)6-9/h3-6H,7H2,1-2H3,(H,16,19). The van der Waals surface area contributed by atoms with E-state index in [4.69, 9.17) is 12.2 Å². The Kier molecular flexibility index (Phi) is 2.74. The van der Waals surface area contributed by atoms with Crippen molar-refractivity contribution >= 4 is 23.3 Å². The molecule has 0 fully saturated rings. The van der Waals surface area contributed by atoms with Crippen molar-refractivity contribution in [2.75, 3.05) is 0 Å². The number of imidazole rings is 1. The minimum absolute atomic E-state index is 0.225. The predicted molar refractivity (Wildman–Crippen MR) is 74.1 cm³/mol. The molecule has 2 heterocycles. The van der Waals surface area contributed by atoms with Crippen LogP contribution < -0.4 is 0 Å². The molecular weight excluding hydrogens is 263 g/mol. The van der Waals surface area contributed by atoms with Crippen molar-refractivity contribution in [3.8, 4) is 0 Å². The lowest BCUT2D eigenvalue weighted by Crippen LogP contribution is -1.99. The Hall–Kier alpha value is -1.95. The lowest BCUT2D eigenvalue weighted by Gasteiger charge is -2.03. The highest BCUT2D eigenvalue weighted by atomic mass is 32.1. The summed E-state index contributed by atoms with van der Waals surface area (Å²) in [5.41, 5.74) is 3.30. The zero-order valence-electron chi connectivity index (χ0n) is 10.6.